The Morgan fingerprint density at radius 1 is 1.50 bits per heavy atom. The van der Waals surface area contributed by atoms with Gasteiger partial charge in [0, 0.05) is 0 Å². The molecule has 4 nitrogen and oxygen atoms in total. The Morgan fingerprint density at radius 3 is 2.69 bits per heavy atom. The number of hydrogen-bond donors (Lipinski definition) is 0. The highest BCUT2D eigenvalue weighted by molar-refractivity contribution is 5.87. The normalized spacial score (nSPS) is 10.3. The summed E-state index contributed by atoms with van der Waals surface area (Å²) >= 11 is 0. The molecule has 88 valence electrons. The molecule has 0 amide bonds. The lowest BCUT2D eigenvalue weighted by molar-refractivity contribution is 0.0517. The van der Waals surface area contributed by atoms with Gasteiger partial charge in [-0.2, -0.15) is 0 Å². The maximum absolute atomic E-state index is 12.5. The van der Waals surface area contributed by atoms with Crippen molar-refractivity contribution in [2.75, 3.05) is 13.7 Å². The fourth-order valence-electron chi connectivity index (χ4n) is 1.10. The number of rotatable bonds is 4. The summed E-state index contributed by atoms with van der Waals surface area (Å²) in [6, 6.07) is 2.28. The van der Waals surface area contributed by atoms with E-state index in [1.54, 1.807) is 6.92 Å². The molecule has 0 bridgehead atoms. The van der Waals surface area contributed by atoms with Gasteiger partial charge >= 0.3 is 5.97 Å². The third-order valence-electron chi connectivity index (χ3n) is 1.80. The minimum atomic E-state index is -2.70. The van der Waals surface area contributed by atoms with Gasteiger partial charge in [0.2, 0.25) is 5.88 Å². The summed E-state index contributed by atoms with van der Waals surface area (Å²) in [5.41, 5.74) is -0.404. The molecule has 0 N–H and O–H groups in total. The zero-order valence-electron chi connectivity index (χ0n) is 8.87. The summed E-state index contributed by atoms with van der Waals surface area (Å²) in [5, 5.41) is 0. The lowest BCUT2D eigenvalue weighted by Crippen LogP contribution is -2.08. The summed E-state index contributed by atoms with van der Waals surface area (Å²) in [6.07, 6.45) is -2.70. The van der Waals surface area contributed by atoms with E-state index in [1.807, 2.05) is 0 Å². The first-order valence-corrected chi connectivity index (χ1v) is 4.60. The van der Waals surface area contributed by atoms with Crippen LogP contribution in [0.4, 0.5) is 8.78 Å². The smallest absolute Gasteiger partial charge is 0.357 e. The number of aromatic nitrogens is 1. The van der Waals surface area contributed by atoms with Crippen LogP contribution in [0.15, 0.2) is 12.1 Å². The summed E-state index contributed by atoms with van der Waals surface area (Å²) in [6.45, 7) is 1.84. The second kappa shape index (κ2) is 5.39. The molecule has 1 heterocycles. The van der Waals surface area contributed by atoms with E-state index in [9.17, 15) is 13.6 Å². The van der Waals surface area contributed by atoms with Crippen molar-refractivity contribution in [2.45, 2.75) is 13.3 Å². The molecule has 16 heavy (non-hydrogen) atoms. The fraction of sp³-hybridized carbons (Fsp3) is 0.400. The van der Waals surface area contributed by atoms with Crippen LogP contribution in [0.25, 0.3) is 0 Å². The Hall–Kier alpha value is -1.72. The second-order valence-electron chi connectivity index (χ2n) is 2.82. The number of halogens is 2. The van der Waals surface area contributed by atoms with Gasteiger partial charge in [-0.3, -0.25) is 0 Å². The van der Waals surface area contributed by atoms with Crippen LogP contribution in [-0.4, -0.2) is 24.7 Å². The Balaban J connectivity index is 3.04. The van der Waals surface area contributed by atoms with Crippen molar-refractivity contribution in [1.29, 1.82) is 0 Å². The molecule has 0 saturated carbocycles. The van der Waals surface area contributed by atoms with Crippen molar-refractivity contribution in [3.8, 4) is 5.88 Å². The highest BCUT2D eigenvalue weighted by Crippen LogP contribution is 2.27. The fourth-order valence-corrected chi connectivity index (χ4v) is 1.10. The van der Waals surface area contributed by atoms with Crippen molar-refractivity contribution in [2.24, 2.45) is 0 Å². The quantitative estimate of drug-likeness (QED) is 0.745. The predicted octanol–water partition coefficient (Wildman–Crippen LogP) is 2.20. The van der Waals surface area contributed by atoms with Crippen LogP contribution < -0.4 is 4.74 Å². The third kappa shape index (κ3) is 2.65. The number of carbonyl (C=O) groups is 1. The lowest BCUT2D eigenvalue weighted by Gasteiger charge is -2.08. The number of esters is 1. The van der Waals surface area contributed by atoms with E-state index in [0.29, 0.717) is 0 Å². The van der Waals surface area contributed by atoms with Gasteiger partial charge in [0.25, 0.3) is 6.43 Å². The Labute approximate surface area is 91.2 Å². The molecule has 0 unspecified atom stereocenters. The monoisotopic (exact) mass is 231 g/mol. The van der Waals surface area contributed by atoms with Crippen LogP contribution in [0.3, 0.4) is 0 Å². The molecule has 0 spiro atoms. The standard InChI is InChI=1S/C10H11F2NO3/c1-3-16-10(14)7-5-4-6(8(11)12)9(13-7)15-2/h4-5,8H,3H2,1-2H3. The Bertz CT molecular complexity index is 382. The van der Waals surface area contributed by atoms with Crippen LogP contribution in [-0.2, 0) is 4.74 Å². The van der Waals surface area contributed by atoms with E-state index in [1.165, 1.54) is 13.2 Å². The van der Waals surface area contributed by atoms with E-state index in [-0.39, 0.29) is 23.7 Å². The zero-order valence-corrected chi connectivity index (χ0v) is 8.87. The van der Waals surface area contributed by atoms with Crippen molar-refractivity contribution in [3.63, 3.8) is 0 Å². The van der Waals surface area contributed by atoms with Gasteiger partial charge in [-0.1, -0.05) is 0 Å². The summed E-state index contributed by atoms with van der Waals surface area (Å²) in [4.78, 5) is 14.9. The van der Waals surface area contributed by atoms with E-state index >= 15 is 0 Å². The van der Waals surface area contributed by atoms with Gasteiger partial charge < -0.3 is 9.47 Å². The van der Waals surface area contributed by atoms with Crippen LogP contribution in [0.1, 0.15) is 29.4 Å². The van der Waals surface area contributed by atoms with Crippen molar-refractivity contribution < 1.29 is 23.0 Å². The molecule has 0 aliphatic heterocycles. The minimum absolute atomic E-state index is 0.0527. The van der Waals surface area contributed by atoms with Gasteiger partial charge in [-0.05, 0) is 19.1 Å². The first kappa shape index (κ1) is 12.4. The molecule has 0 atom stereocenters. The van der Waals surface area contributed by atoms with Crippen molar-refractivity contribution in [1.82, 2.24) is 4.98 Å². The minimum Gasteiger partial charge on any atom is -0.481 e. The molecule has 0 radical (unpaired) electrons. The van der Waals surface area contributed by atoms with Gasteiger partial charge in [0.1, 0.15) is 0 Å². The summed E-state index contributed by atoms with van der Waals surface area (Å²) in [5.74, 6) is -0.929. The van der Waals surface area contributed by atoms with E-state index in [4.69, 9.17) is 0 Å². The van der Waals surface area contributed by atoms with Crippen molar-refractivity contribution in [3.05, 3.63) is 23.4 Å². The van der Waals surface area contributed by atoms with Gasteiger partial charge in [0.15, 0.2) is 5.69 Å². The highest BCUT2D eigenvalue weighted by Gasteiger charge is 2.18. The van der Waals surface area contributed by atoms with Crippen LogP contribution in [0, 0.1) is 0 Å². The largest absolute Gasteiger partial charge is 0.481 e. The van der Waals surface area contributed by atoms with Crippen LogP contribution in [0.5, 0.6) is 5.88 Å². The van der Waals surface area contributed by atoms with Gasteiger partial charge in [-0.25, -0.2) is 18.6 Å². The molecule has 6 heteroatoms. The number of carbonyl (C=O) groups excluding carboxylic acids is 1. The predicted molar refractivity (Wildman–Crippen MR) is 51.7 cm³/mol. The molecular formula is C10H11F2NO3. The lowest BCUT2D eigenvalue weighted by atomic mass is 10.2. The molecule has 0 saturated heterocycles. The number of alkyl halides is 2. The number of pyridine rings is 1. The SMILES string of the molecule is CCOC(=O)c1ccc(C(F)F)c(OC)n1. The summed E-state index contributed by atoms with van der Waals surface area (Å²) in [7, 11) is 1.21. The number of ether oxygens (including phenoxy) is 2. The molecule has 0 aliphatic carbocycles. The molecular weight excluding hydrogens is 220 g/mol. The van der Waals surface area contributed by atoms with Crippen LogP contribution >= 0.6 is 0 Å². The first-order valence-electron chi connectivity index (χ1n) is 4.60. The van der Waals surface area contributed by atoms with E-state index in [2.05, 4.69) is 14.5 Å². The van der Waals surface area contributed by atoms with Crippen molar-refractivity contribution >= 4 is 5.97 Å². The molecule has 1 aromatic rings. The number of nitrogens with zero attached hydrogens (tertiary/aromatic N) is 1. The van der Waals surface area contributed by atoms with E-state index in [0.717, 1.165) is 6.07 Å². The average molecular weight is 231 g/mol. The molecule has 1 rings (SSSR count). The highest BCUT2D eigenvalue weighted by atomic mass is 19.3. The molecule has 0 fully saturated rings. The maximum atomic E-state index is 12.5. The number of methoxy groups -OCH3 is 1. The Kier molecular flexibility index (Phi) is 4.16. The zero-order chi connectivity index (χ0) is 12.1. The average Bonchev–Trinajstić information content (AvgIpc) is 2.28. The number of hydrogen-bond acceptors (Lipinski definition) is 4. The van der Waals surface area contributed by atoms with Gasteiger partial charge in [-0.15, -0.1) is 0 Å². The topological polar surface area (TPSA) is 48.4 Å². The van der Waals surface area contributed by atoms with E-state index < -0.39 is 12.4 Å². The van der Waals surface area contributed by atoms with Crippen LogP contribution in [0.2, 0.25) is 0 Å². The molecule has 0 aliphatic rings. The second-order valence-corrected chi connectivity index (χ2v) is 2.82. The van der Waals surface area contributed by atoms with Gasteiger partial charge in [0.05, 0.1) is 19.3 Å². The summed E-state index contributed by atoms with van der Waals surface area (Å²) < 4.78 is 34.3. The maximum Gasteiger partial charge on any atom is 0.357 e. The molecule has 1 aromatic heterocycles. The third-order valence-corrected chi connectivity index (χ3v) is 1.80. The first-order chi connectivity index (χ1) is 7.60. The Morgan fingerprint density at radius 2 is 2.19 bits per heavy atom. The molecule has 0 aromatic carbocycles.